The number of piperidine rings is 1. The third-order valence-electron chi connectivity index (χ3n) is 8.11. The summed E-state index contributed by atoms with van der Waals surface area (Å²) in [5, 5.41) is 5.61. The molecular weight excluding hydrogens is 491 g/mol. The first-order chi connectivity index (χ1) is 18.4. The second-order valence-electron chi connectivity index (χ2n) is 10.4. The van der Waals surface area contributed by atoms with Crippen molar-refractivity contribution in [2.24, 2.45) is 0 Å². The maximum absolute atomic E-state index is 15.5. The second-order valence-corrected chi connectivity index (χ2v) is 10.4. The third kappa shape index (κ3) is 4.58. The lowest BCUT2D eigenvalue weighted by Crippen LogP contribution is -2.41. The Hall–Kier alpha value is -3.31. The minimum absolute atomic E-state index is 0.229. The van der Waals surface area contributed by atoms with Crippen LogP contribution < -0.4 is 9.64 Å². The first-order valence-electron chi connectivity index (χ1n) is 13.2. The number of carbonyl (C=O) groups is 1. The van der Waals surface area contributed by atoms with Gasteiger partial charge in [-0.3, -0.25) is 9.69 Å². The van der Waals surface area contributed by atoms with Crippen LogP contribution in [-0.4, -0.2) is 95.9 Å². The van der Waals surface area contributed by atoms with E-state index in [0.29, 0.717) is 38.0 Å². The minimum atomic E-state index is -1.03. The van der Waals surface area contributed by atoms with Crippen molar-refractivity contribution in [1.29, 1.82) is 0 Å². The largest absolute Gasteiger partial charge is 0.469 e. The molecule has 2 bridgehead atoms. The molecule has 0 saturated carbocycles. The Morgan fingerprint density at radius 1 is 1.18 bits per heavy atom. The van der Waals surface area contributed by atoms with E-state index in [1.54, 1.807) is 11.8 Å². The van der Waals surface area contributed by atoms with Gasteiger partial charge in [0.2, 0.25) is 0 Å². The van der Waals surface area contributed by atoms with E-state index in [1.807, 2.05) is 24.1 Å². The molecule has 11 heteroatoms. The number of hydrogen-bond acceptors (Lipinski definition) is 9. The summed E-state index contributed by atoms with van der Waals surface area (Å²) >= 11 is 0. The topological polar surface area (TPSA) is 94.8 Å². The smallest absolute Gasteiger partial charge is 0.320 e. The lowest BCUT2D eigenvalue weighted by molar-refractivity contribution is -0.141. The van der Waals surface area contributed by atoms with Crippen LogP contribution in [0.25, 0.3) is 16.7 Å². The predicted octanol–water partition coefficient (Wildman–Crippen LogP) is 2.80. The van der Waals surface area contributed by atoms with Crippen molar-refractivity contribution in [1.82, 2.24) is 24.6 Å². The predicted molar refractivity (Wildman–Crippen MR) is 139 cm³/mol. The molecule has 6 rings (SSSR count). The Morgan fingerprint density at radius 3 is 2.74 bits per heavy atom. The summed E-state index contributed by atoms with van der Waals surface area (Å²) in [6.45, 7) is 5.06. The zero-order valence-corrected chi connectivity index (χ0v) is 22.0. The Balaban J connectivity index is 1.29. The van der Waals surface area contributed by atoms with Gasteiger partial charge in [0.25, 0.3) is 0 Å². The number of aryl methyl sites for hydroxylation is 1. The molecule has 38 heavy (non-hydrogen) atoms. The van der Waals surface area contributed by atoms with E-state index >= 15 is 4.39 Å². The van der Waals surface area contributed by atoms with Crippen LogP contribution in [0.1, 0.15) is 36.3 Å². The van der Waals surface area contributed by atoms with E-state index in [4.69, 9.17) is 14.2 Å². The van der Waals surface area contributed by atoms with Crippen molar-refractivity contribution in [3.05, 3.63) is 35.5 Å². The summed E-state index contributed by atoms with van der Waals surface area (Å²) in [7, 11) is 2.93. The molecule has 5 heterocycles. The van der Waals surface area contributed by atoms with Crippen LogP contribution in [-0.2, 0) is 14.3 Å². The summed E-state index contributed by atoms with van der Waals surface area (Å²) in [4.78, 5) is 25.0. The van der Waals surface area contributed by atoms with Crippen LogP contribution in [0.2, 0.25) is 0 Å². The first-order valence-corrected chi connectivity index (χ1v) is 13.2. The van der Waals surface area contributed by atoms with Crippen LogP contribution in [0, 0.1) is 6.92 Å². The molecule has 3 saturated heterocycles. The molecule has 0 aliphatic carbocycles. The Bertz CT molecular complexity index is 1350. The number of rotatable bonds is 7. The van der Waals surface area contributed by atoms with Gasteiger partial charge in [-0.05, 0) is 49.6 Å². The van der Waals surface area contributed by atoms with Crippen LogP contribution in [0.15, 0.2) is 24.4 Å². The zero-order valence-electron chi connectivity index (χ0n) is 22.0. The van der Waals surface area contributed by atoms with Crippen LogP contribution in [0.5, 0.6) is 6.01 Å². The number of likely N-dealkylation sites (tertiary alicyclic amines) is 1. The van der Waals surface area contributed by atoms with Crippen LogP contribution >= 0.6 is 0 Å². The lowest BCUT2D eigenvalue weighted by Gasteiger charge is -2.35. The highest BCUT2D eigenvalue weighted by Gasteiger charge is 2.40. The molecule has 1 aromatic carbocycles. The first kappa shape index (κ1) is 25.0. The van der Waals surface area contributed by atoms with E-state index in [0.717, 1.165) is 47.4 Å². The number of nitrogens with zero attached hydrogens (tertiary/aromatic N) is 6. The molecule has 0 radical (unpaired) electrons. The highest BCUT2D eigenvalue weighted by Crippen LogP contribution is 2.36. The maximum atomic E-state index is 15.5. The summed E-state index contributed by atoms with van der Waals surface area (Å²) < 4.78 is 33.2. The van der Waals surface area contributed by atoms with Gasteiger partial charge in [0.1, 0.15) is 12.0 Å². The number of morpholine rings is 1. The van der Waals surface area contributed by atoms with Crippen molar-refractivity contribution < 1.29 is 23.4 Å². The average Bonchev–Trinajstić information content (AvgIpc) is 3.67. The van der Waals surface area contributed by atoms with E-state index in [-0.39, 0.29) is 30.4 Å². The van der Waals surface area contributed by atoms with Gasteiger partial charge in [-0.2, -0.15) is 15.1 Å². The van der Waals surface area contributed by atoms with Crippen molar-refractivity contribution in [3.63, 3.8) is 0 Å². The molecule has 3 fully saturated rings. The molecular formula is C27H33FN6O4. The molecule has 4 atom stereocenters. The zero-order chi connectivity index (χ0) is 26.4. The number of alkyl halides is 1. The van der Waals surface area contributed by atoms with Crippen LogP contribution in [0.4, 0.5) is 10.2 Å². The van der Waals surface area contributed by atoms with E-state index in [1.165, 1.54) is 7.11 Å². The highest BCUT2D eigenvalue weighted by atomic mass is 19.1. The van der Waals surface area contributed by atoms with Crippen molar-refractivity contribution in [2.75, 3.05) is 51.9 Å². The monoisotopic (exact) mass is 524 g/mol. The van der Waals surface area contributed by atoms with Crippen molar-refractivity contribution >= 4 is 22.7 Å². The second kappa shape index (κ2) is 10.1. The molecule has 0 amide bonds. The summed E-state index contributed by atoms with van der Waals surface area (Å²) in [6.07, 6.45) is 2.96. The molecule has 3 aromatic rings. The Kier molecular flexibility index (Phi) is 6.65. The SMILES string of the molecule is COC(=O)CCN1CCC(c2cc3c(cnn3-c3cc(N4C[C@@H]5C[C@H]4CO5)nc(OC)n3)cc2C)C(F)C1. The molecule has 202 valence electrons. The number of anilines is 1. The van der Waals surface area contributed by atoms with Gasteiger partial charge in [-0.25, -0.2) is 9.07 Å². The fourth-order valence-corrected chi connectivity index (χ4v) is 6.09. The standard InChI is InChI=1S/C27H33FN6O4/c1-16-8-17-12-29-34(25-11-24(30-27(31-25)37-3)33-13-19-9-18(33)15-38-19)23(17)10-21(16)20-4-6-32(14-22(20)28)7-5-26(35)36-2/h8,10-12,18-20,22H,4-7,9,13-15H2,1-3H3/t18-,19-,20?,22?/m0/s1. The number of fused-ring (bicyclic) bond motifs is 3. The van der Waals surface area contributed by atoms with Gasteiger partial charge in [-0.1, -0.05) is 0 Å². The molecule has 2 unspecified atom stereocenters. The molecule has 0 spiro atoms. The summed E-state index contributed by atoms with van der Waals surface area (Å²) in [5.41, 5.74) is 2.89. The van der Waals surface area contributed by atoms with E-state index in [9.17, 15) is 4.79 Å². The van der Waals surface area contributed by atoms with Gasteiger partial charge in [0, 0.05) is 37.0 Å². The Labute approximate surface area is 220 Å². The maximum Gasteiger partial charge on any atom is 0.320 e. The van der Waals surface area contributed by atoms with Gasteiger partial charge >= 0.3 is 12.0 Å². The number of carbonyl (C=O) groups excluding carboxylic acids is 1. The molecule has 3 aliphatic rings. The normalized spacial score (nSPS) is 25.3. The van der Waals surface area contributed by atoms with Gasteiger partial charge in [0.05, 0.1) is 51.1 Å². The number of halogens is 1. The fourth-order valence-electron chi connectivity index (χ4n) is 6.09. The average molecular weight is 525 g/mol. The number of benzene rings is 1. The molecule has 10 nitrogen and oxygen atoms in total. The third-order valence-corrected chi connectivity index (χ3v) is 8.11. The van der Waals surface area contributed by atoms with Crippen molar-refractivity contribution in [2.45, 2.75) is 50.4 Å². The molecule has 0 N–H and O–H groups in total. The van der Waals surface area contributed by atoms with Crippen molar-refractivity contribution in [3.8, 4) is 11.8 Å². The number of esters is 1. The number of aromatic nitrogens is 4. The fraction of sp³-hybridized carbons (Fsp3) is 0.556. The number of hydrogen-bond donors (Lipinski definition) is 0. The van der Waals surface area contributed by atoms with Crippen LogP contribution in [0.3, 0.4) is 0 Å². The lowest BCUT2D eigenvalue weighted by atomic mass is 9.85. The van der Waals surface area contributed by atoms with E-state index in [2.05, 4.69) is 32.1 Å². The van der Waals surface area contributed by atoms with E-state index < -0.39 is 6.17 Å². The highest BCUT2D eigenvalue weighted by molar-refractivity contribution is 5.82. The number of methoxy groups -OCH3 is 2. The quantitative estimate of drug-likeness (QED) is 0.433. The molecule has 3 aliphatic heterocycles. The summed E-state index contributed by atoms with van der Waals surface area (Å²) in [6, 6.07) is 6.64. The summed E-state index contributed by atoms with van der Waals surface area (Å²) in [5.74, 6) is 0.900. The minimum Gasteiger partial charge on any atom is -0.469 e. The van der Waals surface area contributed by atoms with Gasteiger partial charge in [-0.15, -0.1) is 0 Å². The number of ether oxygens (including phenoxy) is 3. The molecule has 2 aromatic heterocycles. The van der Waals surface area contributed by atoms with Gasteiger partial charge < -0.3 is 19.1 Å². The Morgan fingerprint density at radius 2 is 2.03 bits per heavy atom. The van der Waals surface area contributed by atoms with Gasteiger partial charge in [0.15, 0.2) is 5.82 Å².